The van der Waals surface area contributed by atoms with E-state index in [2.05, 4.69) is 4.90 Å². The number of furan rings is 1. The molecule has 0 saturated carbocycles. The first-order valence-corrected chi connectivity index (χ1v) is 10.1. The Labute approximate surface area is 166 Å². The second kappa shape index (κ2) is 9.43. The largest absolute Gasteiger partial charge is 0.468 e. The Morgan fingerprint density at radius 1 is 1.18 bits per heavy atom. The van der Waals surface area contributed by atoms with Crippen LogP contribution in [0.15, 0.2) is 22.8 Å². The normalized spacial score (nSPS) is 21.8. The molecule has 0 radical (unpaired) electrons. The highest BCUT2D eigenvalue weighted by Gasteiger charge is 2.35. The Bertz CT molecular complexity index is 641. The van der Waals surface area contributed by atoms with Gasteiger partial charge in [-0.25, -0.2) is 4.79 Å². The molecule has 0 unspecified atom stereocenters. The summed E-state index contributed by atoms with van der Waals surface area (Å²) in [5, 5.41) is 9.47. The van der Waals surface area contributed by atoms with E-state index in [0.717, 1.165) is 25.1 Å². The first-order chi connectivity index (χ1) is 13.5. The maximum atomic E-state index is 13.0. The van der Waals surface area contributed by atoms with Crippen LogP contribution < -0.4 is 0 Å². The van der Waals surface area contributed by atoms with E-state index in [4.69, 9.17) is 4.42 Å². The molecular formula is C20H32N4O4. The Hall–Kier alpha value is -2.06. The number of likely N-dealkylation sites (tertiary alicyclic amines) is 1. The summed E-state index contributed by atoms with van der Waals surface area (Å²) >= 11 is 0. The van der Waals surface area contributed by atoms with E-state index < -0.39 is 0 Å². The van der Waals surface area contributed by atoms with Gasteiger partial charge in [-0.05, 0) is 31.4 Å². The van der Waals surface area contributed by atoms with Gasteiger partial charge in [-0.2, -0.15) is 0 Å². The molecule has 8 nitrogen and oxygen atoms in total. The summed E-state index contributed by atoms with van der Waals surface area (Å²) < 4.78 is 5.46. The number of rotatable bonds is 5. The van der Waals surface area contributed by atoms with Crippen LogP contribution in [-0.4, -0.2) is 96.1 Å². The highest BCUT2D eigenvalue weighted by Crippen LogP contribution is 2.23. The number of hydrogen-bond acceptors (Lipinski definition) is 5. The number of carbonyl (C=O) groups is 2. The van der Waals surface area contributed by atoms with Gasteiger partial charge in [0.1, 0.15) is 5.76 Å². The van der Waals surface area contributed by atoms with Crippen molar-refractivity contribution in [3.63, 3.8) is 0 Å². The summed E-state index contributed by atoms with van der Waals surface area (Å²) in [6, 6.07) is 3.98. The standard InChI is InChI=1S/C20H32N4O4/c1-21(2)20(27)22-8-5-16(6-9-22)19(26)24-11-10-23(17(14-24)7-12-25)15-18-4-3-13-28-18/h3-4,13,16-17,25H,5-12,14-15H2,1-2H3/t17-/m1/s1. The monoisotopic (exact) mass is 392 g/mol. The third kappa shape index (κ3) is 4.86. The fourth-order valence-corrected chi connectivity index (χ4v) is 4.19. The van der Waals surface area contributed by atoms with Crippen molar-refractivity contribution in [2.24, 2.45) is 5.92 Å². The van der Waals surface area contributed by atoms with Gasteiger partial charge >= 0.3 is 6.03 Å². The van der Waals surface area contributed by atoms with Crippen LogP contribution in [0.4, 0.5) is 4.79 Å². The summed E-state index contributed by atoms with van der Waals surface area (Å²) in [5.74, 6) is 1.08. The van der Waals surface area contributed by atoms with Crippen LogP contribution in [0.5, 0.6) is 0 Å². The number of aliphatic hydroxyl groups is 1. The van der Waals surface area contributed by atoms with Gasteiger partial charge in [-0.1, -0.05) is 0 Å². The van der Waals surface area contributed by atoms with E-state index in [0.29, 0.717) is 39.1 Å². The maximum Gasteiger partial charge on any atom is 0.319 e. The van der Waals surface area contributed by atoms with Gasteiger partial charge in [-0.3, -0.25) is 9.69 Å². The molecule has 8 heteroatoms. The number of amides is 3. The lowest BCUT2D eigenvalue weighted by Gasteiger charge is -2.43. The molecule has 0 bridgehead atoms. The van der Waals surface area contributed by atoms with Gasteiger partial charge in [-0.15, -0.1) is 0 Å². The average Bonchev–Trinajstić information content (AvgIpc) is 3.21. The lowest BCUT2D eigenvalue weighted by Crippen LogP contribution is -2.56. The number of nitrogens with zero attached hydrogens (tertiary/aromatic N) is 4. The molecule has 2 saturated heterocycles. The van der Waals surface area contributed by atoms with Crippen LogP contribution in [0.3, 0.4) is 0 Å². The molecule has 2 fully saturated rings. The van der Waals surface area contributed by atoms with Crippen LogP contribution in [0.1, 0.15) is 25.0 Å². The van der Waals surface area contributed by atoms with Crippen LogP contribution in [-0.2, 0) is 11.3 Å². The van der Waals surface area contributed by atoms with Crippen molar-refractivity contribution in [2.75, 3.05) is 53.4 Å². The Kier molecular flexibility index (Phi) is 6.96. The summed E-state index contributed by atoms with van der Waals surface area (Å²) in [4.78, 5) is 32.8. The number of piperidine rings is 1. The van der Waals surface area contributed by atoms with Gasteiger partial charge in [0.05, 0.1) is 12.8 Å². The van der Waals surface area contributed by atoms with Crippen molar-refractivity contribution < 1.29 is 19.1 Å². The lowest BCUT2D eigenvalue weighted by molar-refractivity contribution is -0.140. The number of urea groups is 1. The second-order valence-electron chi connectivity index (χ2n) is 7.94. The number of piperazine rings is 1. The van der Waals surface area contributed by atoms with Gasteiger partial charge in [0.25, 0.3) is 0 Å². The molecule has 0 spiro atoms. The third-order valence-corrected chi connectivity index (χ3v) is 5.81. The quantitative estimate of drug-likeness (QED) is 0.811. The van der Waals surface area contributed by atoms with Crippen molar-refractivity contribution in [1.82, 2.24) is 19.6 Å². The Morgan fingerprint density at radius 3 is 2.54 bits per heavy atom. The van der Waals surface area contributed by atoms with E-state index in [1.807, 2.05) is 21.9 Å². The first kappa shape index (κ1) is 20.7. The van der Waals surface area contributed by atoms with Crippen molar-refractivity contribution in [1.29, 1.82) is 0 Å². The molecule has 1 N–H and O–H groups in total. The lowest BCUT2D eigenvalue weighted by atomic mass is 9.94. The van der Waals surface area contributed by atoms with Crippen LogP contribution in [0.2, 0.25) is 0 Å². The maximum absolute atomic E-state index is 13.0. The minimum atomic E-state index is -0.0161. The molecule has 3 amide bonds. The molecular weight excluding hydrogens is 360 g/mol. The molecule has 0 aliphatic carbocycles. The molecule has 156 valence electrons. The summed E-state index contributed by atoms with van der Waals surface area (Å²) in [5.41, 5.74) is 0. The average molecular weight is 393 g/mol. The van der Waals surface area contributed by atoms with Gasteiger partial charge in [0.2, 0.25) is 5.91 Å². The minimum Gasteiger partial charge on any atom is -0.468 e. The predicted octanol–water partition coefficient (Wildman–Crippen LogP) is 1.07. The number of hydrogen-bond donors (Lipinski definition) is 1. The minimum absolute atomic E-state index is 0.0143. The van der Waals surface area contributed by atoms with Gasteiger partial charge in [0.15, 0.2) is 0 Å². The molecule has 1 aromatic rings. The zero-order valence-corrected chi connectivity index (χ0v) is 16.9. The SMILES string of the molecule is CN(C)C(=O)N1CCC(C(=O)N2CCN(Cc3ccco3)[C@H](CCO)C2)CC1. The molecule has 3 heterocycles. The molecule has 3 rings (SSSR count). The molecule has 0 aromatic carbocycles. The van der Waals surface area contributed by atoms with Crippen molar-refractivity contribution in [2.45, 2.75) is 31.8 Å². The van der Waals surface area contributed by atoms with Crippen molar-refractivity contribution >= 4 is 11.9 Å². The smallest absolute Gasteiger partial charge is 0.319 e. The highest BCUT2D eigenvalue weighted by molar-refractivity contribution is 5.80. The zero-order valence-electron chi connectivity index (χ0n) is 16.9. The fraction of sp³-hybridized carbons (Fsp3) is 0.700. The third-order valence-electron chi connectivity index (χ3n) is 5.81. The van der Waals surface area contributed by atoms with Crippen molar-refractivity contribution in [3.8, 4) is 0 Å². The predicted molar refractivity (Wildman–Crippen MR) is 105 cm³/mol. The van der Waals surface area contributed by atoms with E-state index >= 15 is 0 Å². The van der Waals surface area contributed by atoms with Crippen LogP contribution >= 0.6 is 0 Å². The fourth-order valence-electron chi connectivity index (χ4n) is 4.19. The molecule has 1 aromatic heterocycles. The van der Waals surface area contributed by atoms with Gasteiger partial charge in [0, 0.05) is 65.4 Å². The second-order valence-corrected chi connectivity index (χ2v) is 7.94. The molecule has 1 atom stereocenters. The van der Waals surface area contributed by atoms with Crippen LogP contribution in [0, 0.1) is 5.92 Å². The molecule has 2 aliphatic rings. The zero-order chi connectivity index (χ0) is 20.1. The number of carbonyl (C=O) groups excluding carboxylic acids is 2. The summed E-state index contributed by atoms with van der Waals surface area (Å²) in [6.45, 7) is 4.17. The summed E-state index contributed by atoms with van der Waals surface area (Å²) in [7, 11) is 3.51. The number of aliphatic hydroxyl groups excluding tert-OH is 1. The Balaban J connectivity index is 1.54. The van der Waals surface area contributed by atoms with E-state index in [1.54, 1.807) is 25.3 Å². The molecule has 28 heavy (non-hydrogen) atoms. The van der Waals surface area contributed by atoms with E-state index in [9.17, 15) is 14.7 Å². The van der Waals surface area contributed by atoms with Gasteiger partial charge < -0.3 is 24.2 Å². The topological polar surface area (TPSA) is 80.5 Å². The Morgan fingerprint density at radius 2 is 1.93 bits per heavy atom. The van der Waals surface area contributed by atoms with E-state index in [-0.39, 0.29) is 30.5 Å². The van der Waals surface area contributed by atoms with Crippen molar-refractivity contribution in [3.05, 3.63) is 24.2 Å². The summed E-state index contributed by atoms with van der Waals surface area (Å²) in [6.07, 6.45) is 3.75. The molecule has 2 aliphatic heterocycles. The highest BCUT2D eigenvalue weighted by atomic mass is 16.3. The van der Waals surface area contributed by atoms with E-state index in [1.165, 1.54) is 0 Å². The van der Waals surface area contributed by atoms with Crippen LogP contribution in [0.25, 0.3) is 0 Å². The first-order valence-electron chi connectivity index (χ1n) is 10.1.